The van der Waals surface area contributed by atoms with Crippen LogP contribution in [0.4, 0.5) is 20.7 Å². The van der Waals surface area contributed by atoms with E-state index in [4.69, 9.17) is 16.3 Å². The molecule has 3 aliphatic rings. The summed E-state index contributed by atoms with van der Waals surface area (Å²) in [5.74, 6) is 0.744. The lowest BCUT2D eigenvalue weighted by molar-refractivity contribution is 0.00920. The van der Waals surface area contributed by atoms with Crippen LogP contribution in [0.1, 0.15) is 0 Å². The molecule has 2 saturated heterocycles. The number of halogens is 2. The van der Waals surface area contributed by atoms with Gasteiger partial charge in [0, 0.05) is 49.9 Å². The van der Waals surface area contributed by atoms with Gasteiger partial charge < -0.3 is 14.5 Å². The molecule has 9 heteroatoms. The molecule has 0 atom stereocenters. The fourth-order valence-electron chi connectivity index (χ4n) is 4.07. The fraction of sp³-hybridized carbons (Fsp3) is 0.389. The van der Waals surface area contributed by atoms with Crippen molar-refractivity contribution in [1.29, 1.82) is 0 Å². The molecule has 4 heterocycles. The molecule has 0 saturated carbocycles. The van der Waals surface area contributed by atoms with Crippen molar-refractivity contribution in [1.82, 2.24) is 15.1 Å². The standard InChI is InChI=1S/C18H17ClFN5O2/c19-12-6-15-14(7-13(12)20)25(4-5-27-15)17(26)24-10-18(11-24)8-23(9-18)16-2-1-3-21-22-16/h1-3,6-7H,4-5,8-11H2. The van der Waals surface area contributed by atoms with Gasteiger partial charge in [0.15, 0.2) is 5.82 Å². The van der Waals surface area contributed by atoms with E-state index in [1.54, 1.807) is 16.0 Å². The van der Waals surface area contributed by atoms with E-state index in [0.29, 0.717) is 37.7 Å². The summed E-state index contributed by atoms with van der Waals surface area (Å²) < 4.78 is 19.4. The molecule has 140 valence electrons. The summed E-state index contributed by atoms with van der Waals surface area (Å²) >= 11 is 5.82. The van der Waals surface area contributed by atoms with Crippen LogP contribution in [0.15, 0.2) is 30.5 Å². The normalized spacial score (nSPS) is 19.9. The molecule has 1 aromatic carbocycles. The molecule has 2 fully saturated rings. The lowest BCUT2D eigenvalue weighted by Crippen LogP contribution is -2.74. The molecule has 3 aliphatic heterocycles. The quantitative estimate of drug-likeness (QED) is 0.749. The van der Waals surface area contributed by atoms with Gasteiger partial charge in [-0.1, -0.05) is 11.6 Å². The summed E-state index contributed by atoms with van der Waals surface area (Å²) in [6, 6.07) is 6.37. The first-order chi connectivity index (χ1) is 13.0. The van der Waals surface area contributed by atoms with Gasteiger partial charge in [0.25, 0.3) is 0 Å². The minimum atomic E-state index is -0.558. The summed E-state index contributed by atoms with van der Waals surface area (Å²) in [5.41, 5.74) is 0.553. The van der Waals surface area contributed by atoms with Gasteiger partial charge in [0.1, 0.15) is 18.2 Å². The predicted octanol–water partition coefficient (Wildman–Crippen LogP) is 2.41. The number of benzene rings is 1. The predicted molar refractivity (Wildman–Crippen MR) is 97.9 cm³/mol. The summed E-state index contributed by atoms with van der Waals surface area (Å²) in [6.45, 7) is 3.85. The Morgan fingerprint density at radius 1 is 1.26 bits per heavy atom. The third kappa shape index (κ3) is 2.66. The van der Waals surface area contributed by atoms with Crippen LogP contribution in [-0.4, -0.2) is 60.5 Å². The van der Waals surface area contributed by atoms with Crippen molar-refractivity contribution in [2.75, 3.05) is 49.1 Å². The number of rotatable bonds is 1. The van der Waals surface area contributed by atoms with E-state index in [1.165, 1.54) is 12.1 Å². The Kier molecular flexibility index (Phi) is 3.65. The maximum Gasteiger partial charge on any atom is 0.324 e. The minimum absolute atomic E-state index is 0.00970. The van der Waals surface area contributed by atoms with Gasteiger partial charge in [-0.25, -0.2) is 9.18 Å². The molecule has 0 radical (unpaired) electrons. The van der Waals surface area contributed by atoms with Crippen LogP contribution >= 0.6 is 11.6 Å². The Bertz CT molecular complexity index is 898. The number of carbonyl (C=O) groups excluding carboxylic acids is 1. The number of ether oxygens (including phenoxy) is 1. The Labute approximate surface area is 160 Å². The van der Waals surface area contributed by atoms with Crippen molar-refractivity contribution < 1.29 is 13.9 Å². The summed E-state index contributed by atoms with van der Waals surface area (Å²) in [7, 11) is 0. The number of hydrogen-bond acceptors (Lipinski definition) is 5. The number of hydrogen-bond donors (Lipinski definition) is 0. The Morgan fingerprint density at radius 3 is 2.81 bits per heavy atom. The van der Waals surface area contributed by atoms with Crippen LogP contribution in [0.3, 0.4) is 0 Å². The molecule has 2 aromatic rings. The van der Waals surface area contributed by atoms with Crippen LogP contribution in [0.5, 0.6) is 5.75 Å². The minimum Gasteiger partial charge on any atom is -0.489 e. The fourth-order valence-corrected chi connectivity index (χ4v) is 4.22. The highest BCUT2D eigenvalue weighted by Crippen LogP contribution is 2.43. The van der Waals surface area contributed by atoms with E-state index < -0.39 is 5.82 Å². The maximum atomic E-state index is 13.9. The van der Waals surface area contributed by atoms with Crippen LogP contribution < -0.4 is 14.5 Å². The average molecular weight is 390 g/mol. The van der Waals surface area contributed by atoms with Gasteiger partial charge in [-0.05, 0) is 12.1 Å². The second kappa shape index (κ2) is 5.95. The van der Waals surface area contributed by atoms with Gasteiger partial charge >= 0.3 is 6.03 Å². The van der Waals surface area contributed by atoms with Crippen molar-refractivity contribution in [3.63, 3.8) is 0 Å². The summed E-state index contributed by atoms with van der Waals surface area (Å²) in [4.78, 5) is 18.5. The Hall–Kier alpha value is -2.61. The van der Waals surface area contributed by atoms with Gasteiger partial charge in [-0.2, -0.15) is 5.10 Å². The van der Waals surface area contributed by atoms with Crippen molar-refractivity contribution in [3.05, 3.63) is 41.3 Å². The van der Waals surface area contributed by atoms with Crippen LogP contribution in [0.25, 0.3) is 0 Å². The molecule has 27 heavy (non-hydrogen) atoms. The lowest BCUT2D eigenvalue weighted by atomic mass is 9.73. The first kappa shape index (κ1) is 16.6. The second-order valence-corrected chi connectivity index (χ2v) is 7.72. The van der Waals surface area contributed by atoms with Crippen molar-refractivity contribution in [2.45, 2.75) is 0 Å². The number of fused-ring (bicyclic) bond motifs is 1. The topological polar surface area (TPSA) is 61.8 Å². The van der Waals surface area contributed by atoms with Gasteiger partial charge in [-0.15, -0.1) is 5.10 Å². The molecular formula is C18H17ClFN5O2. The van der Waals surface area contributed by atoms with E-state index in [1.807, 2.05) is 12.1 Å². The first-order valence-electron chi connectivity index (χ1n) is 8.76. The van der Waals surface area contributed by atoms with E-state index in [2.05, 4.69) is 15.1 Å². The molecular weight excluding hydrogens is 373 g/mol. The zero-order valence-corrected chi connectivity index (χ0v) is 15.2. The number of nitrogens with zero attached hydrogens (tertiary/aromatic N) is 5. The molecule has 0 aliphatic carbocycles. The van der Waals surface area contributed by atoms with Crippen LogP contribution in [0.2, 0.25) is 5.02 Å². The van der Waals surface area contributed by atoms with Crippen molar-refractivity contribution in [3.8, 4) is 5.75 Å². The maximum absolute atomic E-state index is 13.9. The number of urea groups is 1. The Morgan fingerprint density at radius 2 is 2.07 bits per heavy atom. The first-order valence-corrected chi connectivity index (χ1v) is 9.13. The van der Waals surface area contributed by atoms with Crippen LogP contribution in [-0.2, 0) is 0 Å². The highest BCUT2D eigenvalue weighted by molar-refractivity contribution is 6.31. The third-order valence-electron chi connectivity index (χ3n) is 5.35. The van der Waals surface area contributed by atoms with Crippen LogP contribution in [0, 0.1) is 11.2 Å². The van der Waals surface area contributed by atoms with Crippen molar-refractivity contribution >= 4 is 29.1 Å². The van der Waals surface area contributed by atoms with Gasteiger partial charge in [0.05, 0.1) is 17.3 Å². The zero-order valence-electron chi connectivity index (χ0n) is 14.4. The monoisotopic (exact) mass is 389 g/mol. The molecule has 0 bridgehead atoms. The molecule has 0 N–H and O–H groups in total. The number of amides is 2. The summed E-state index contributed by atoms with van der Waals surface area (Å²) in [5, 5.41) is 8.01. The van der Waals surface area contributed by atoms with Crippen molar-refractivity contribution in [2.24, 2.45) is 5.41 Å². The molecule has 1 aromatic heterocycles. The lowest BCUT2D eigenvalue weighted by Gasteiger charge is -2.60. The van der Waals surface area contributed by atoms with Gasteiger partial charge in [-0.3, -0.25) is 4.90 Å². The van der Waals surface area contributed by atoms with Gasteiger partial charge in [0.2, 0.25) is 0 Å². The molecule has 5 rings (SSSR count). The average Bonchev–Trinajstić information content (AvgIpc) is 2.60. The SMILES string of the molecule is O=C(N1CC2(C1)CN(c1cccnn1)C2)N1CCOc2cc(Cl)c(F)cc21. The highest BCUT2D eigenvalue weighted by atomic mass is 35.5. The zero-order chi connectivity index (χ0) is 18.6. The largest absolute Gasteiger partial charge is 0.489 e. The highest BCUT2D eigenvalue weighted by Gasteiger charge is 2.54. The van der Waals surface area contributed by atoms with E-state index in [-0.39, 0.29) is 16.5 Å². The number of anilines is 2. The molecule has 7 nitrogen and oxygen atoms in total. The van der Waals surface area contributed by atoms with E-state index in [0.717, 1.165) is 18.9 Å². The Balaban J connectivity index is 1.25. The number of likely N-dealkylation sites (tertiary alicyclic amines) is 1. The smallest absolute Gasteiger partial charge is 0.324 e. The second-order valence-electron chi connectivity index (χ2n) is 7.31. The van der Waals surface area contributed by atoms with E-state index >= 15 is 0 Å². The molecule has 0 unspecified atom stereocenters. The summed E-state index contributed by atoms with van der Waals surface area (Å²) in [6.07, 6.45) is 1.65. The van der Waals surface area contributed by atoms with E-state index in [9.17, 15) is 9.18 Å². The molecule has 1 spiro atoms. The number of carbonyl (C=O) groups is 1. The third-order valence-corrected chi connectivity index (χ3v) is 5.64. The molecule has 2 amide bonds. The number of aromatic nitrogens is 2.